The van der Waals surface area contributed by atoms with Gasteiger partial charge in [-0.2, -0.15) is 11.3 Å². The number of aromatic nitrogens is 1. The maximum atomic E-state index is 4.49. The fraction of sp³-hybridized carbons (Fsp3) is 0.400. The molecular formula is C15H20N2S. The van der Waals surface area contributed by atoms with E-state index in [1.54, 1.807) is 11.3 Å². The van der Waals surface area contributed by atoms with Crippen LogP contribution in [0.15, 0.2) is 35.2 Å². The molecule has 1 atom stereocenters. The maximum Gasteiger partial charge on any atom is 0.126 e. The highest BCUT2D eigenvalue weighted by molar-refractivity contribution is 7.07. The van der Waals surface area contributed by atoms with Gasteiger partial charge in [-0.25, -0.2) is 4.98 Å². The Labute approximate surface area is 113 Å². The summed E-state index contributed by atoms with van der Waals surface area (Å²) in [6.07, 6.45) is 1.96. The molecule has 0 aromatic carbocycles. The lowest BCUT2D eigenvalue weighted by atomic mass is 9.88. The summed E-state index contributed by atoms with van der Waals surface area (Å²) >= 11 is 1.72. The minimum Gasteiger partial charge on any atom is -0.364 e. The molecule has 1 N–H and O–H groups in total. The van der Waals surface area contributed by atoms with Gasteiger partial charge in [-0.15, -0.1) is 0 Å². The van der Waals surface area contributed by atoms with Gasteiger partial charge >= 0.3 is 0 Å². The molecule has 0 radical (unpaired) electrons. The van der Waals surface area contributed by atoms with Crippen LogP contribution in [0.4, 0.5) is 5.82 Å². The van der Waals surface area contributed by atoms with E-state index in [2.05, 4.69) is 67.0 Å². The van der Waals surface area contributed by atoms with Crippen LogP contribution in [0.25, 0.3) is 0 Å². The Morgan fingerprint density at radius 3 is 2.50 bits per heavy atom. The Morgan fingerprint density at radius 1 is 1.22 bits per heavy atom. The number of anilines is 1. The average Bonchev–Trinajstić information content (AvgIpc) is 2.82. The summed E-state index contributed by atoms with van der Waals surface area (Å²) in [5.41, 5.74) is 2.72. The molecule has 2 nitrogen and oxygen atoms in total. The Hall–Kier alpha value is -1.35. The highest BCUT2D eigenvalue weighted by Gasteiger charge is 2.14. The lowest BCUT2D eigenvalue weighted by Crippen LogP contribution is -2.12. The lowest BCUT2D eigenvalue weighted by molar-refractivity contribution is 0.587. The summed E-state index contributed by atoms with van der Waals surface area (Å²) in [6.45, 7) is 8.75. The third kappa shape index (κ3) is 3.10. The van der Waals surface area contributed by atoms with Gasteiger partial charge in [0.25, 0.3) is 0 Å². The van der Waals surface area contributed by atoms with Crippen molar-refractivity contribution in [2.45, 2.75) is 39.2 Å². The predicted molar refractivity (Wildman–Crippen MR) is 79.3 cm³/mol. The number of rotatable bonds is 3. The van der Waals surface area contributed by atoms with Gasteiger partial charge in [0.2, 0.25) is 0 Å². The van der Waals surface area contributed by atoms with E-state index in [1.807, 2.05) is 6.20 Å². The molecular weight excluding hydrogens is 240 g/mol. The first-order chi connectivity index (χ1) is 8.47. The van der Waals surface area contributed by atoms with E-state index in [4.69, 9.17) is 0 Å². The van der Waals surface area contributed by atoms with Gasteiger partial charge in [-0.05, 0) is 46.4 Å². The van der Waals surface area contributed by atoms with Gasteiger partial charge in [-0.1, -0.05) is 26.8 Å². The zero-order valence-electron chi connectivity index (χ0n) is 11.4. The highest BCUT2D eigenvalue weighted by atomic mass is 32.1. The van der Waals surface area contributed by atoms with E-state index < -0.39 is 0 Å². The molecule has 1 unspecified atom stereocenters. The van der Waals surface area contributed by atoms with E-state index in [9.17, 15) is 0 Å². The molecule has 0 amide bonds. The molecule has 2 aromatic heterocycles. The monoisotopic (exact) mass is 260 g/mol. The Morgan fingerprint density at radius 2 is 2.00 bits per heavy atom. The summed E-state index contributed by atoms with van der Waals surface area (Å²) in [6, 6.07) is 6.65. The van der Waals surface area contributed by atoms with Crippen molar-refractivity contribution in [1.82, 2.24) is 4.98 Å². The second-order valence-electron chi connectivity index (χ2n) is 5.60. The van der Waals surface area contributed by atoms with Crippen molar-refractivity contribution in [2.75, 3.05) is 5.32 Å². The van der Waals surface area contributed by atoms with Crippen molar-refractivity contribution in [3.8, 4) is 0 Å². The maximum absolute atomic E-state index is 4.49. The number of nitrogens with zero attached hydrogens (tertiary/aromatic N) is 1. The zero-order chi connectivity index (χ0) is 13.2. The molecule has 18 heavy (non-hydrogen) atoms. The van der Waals surface area contributed by atoms with Crippen LogP contribution in [0.1, 0.15) is 44.9 Å². The first-order valence-corrected chi connectivity index (χ1v) is 7.16. The van der Waals surface area contributed by atoms with Crippen LogP contribution >= 0.6 is 11.3 Å². The molecule has 2 rings (SSSR count). The molecule has 3 heteroatoms. The Bertz CT molecular complexity index is 480. The van der Waals surface area contributed by atoms with Gasteiger partial charge in [0.1, 0.15) is 5.82 Å². The normalized spacial score (nSPS) is 13.3. The van der Waals surface area contributed by atoms with E-state index in [1.165, 1.54) is 11.1 Å². The number of hydrogen-bond acceptors (Lipinski definition) is 3. The Balaban J connectivity index is 2.07. The van der Waals surface area contributed by atoms with Crippen LogP contribution < -0.4 is 5.32 Å². The minimum absolute atomic E-state index is 0.157. The van der Waals surface area contributed by atoms with Crippen LogP contribution in [0.2, 0.25) is 0 Å². The molecule has 2 aromatic rings. The van der Waals surface area contributed by atoms with Crippen molar-refractivity contribution in [3.05, 3.63) is 46.3 Å². The van der Waals surface area contributed by atoms with Gasteiger partial charge in [0, 0.05) is 6.20 Å². The second-order valence-corrected chi connectivity index (χ2v) is 6.38. The van der Waals surface area contributed by atoms with Gasteiger partial charge in [0.15, 0.2) is 0 Å². The fourth-order valence-electron chi connectivity index (χ4n) is 1.75. The van der Waals surface area contributed by atoms with Gasteiger partial charge in [0.05, 0.1) is 6.04 Å². The Kier molecular flexibility index (Phi) is 3.71. The van der Waals surface area contributed by atoms with Gasteiger partial charge < -0.3 is 5.32 Å². The molecule has 0 saturated carbocycles. The van der Waals surface area contributed by atoms with E-state index in [0.29, 0.717) is 6.04 Å². The molecule has 96 valence electrons. The topological polar surface area (TPSA) is 24.9 Å². The summed E-state index contributed by atoms with van der Waals surface area (Å²) in [7, 11) is 0. The number of pyridine rings is 1. The SMILES string of the molecule is CC(Nc1ccc(C(C)(C)C)cn1)c1ccsc1. The third-order valence-electron chi connectivity index (χ3n) is 3.04. The third-order valence-corrected chi connectivity index (χ3v) is 3.74. The molecule has 0 saturated heterocycles. The van der Waals surface area contributed by atoms with Crippen LogP contribution in [0.5, 0.6) is 0 Å². The first kappa shape index (κ1) is 13.1. The van der Waals surface area contributed by atoms with Gasteiger partial charge in [-0.3, -0.25) is 0 Å². The summed E-state index contributed by atoms with van der Waals surface area (Å²) in [4.78, 5) is 4.49. The predicted octanol–water partition coefficient (Wildman–Crippen LogP) is 4.61. The van der Waals surface area contributed by atoms with Crippen LogP contribution in [0, 0.1) is 0 Å². The molecule has 0 aliphatic rings. The van der Waals surface area contributed by atoms with Crippen LogP contribution in [0.3, 0.4) is 0 Å². The van der Waals surface area contributed by atoms with Crippen LogP contribution in [-0.4, -0.2) is 4.98 Å². The molecule has 0 bridgehead atoms. The number of nitrogens with one attached hydrogen (secondary N) is 1. The fourth-order valence-corrected chi connectivity index (χ4v) is 2.50. The molecule has 0 spiro atoms. The minimum atomic E-state index is 0.157. The summed E-state index contributed by atoms with van der Waals surface area (Å²) in [5, 5.41) is 7.69. The highest BCUT2D eigenvalue weighted by Crippen LogP contribution is 2.24. The molecule has 2 heterocycles. The lowest BCUT2D eigenvalue weighted by Gasteiger charge is -2.19. The first-order valence-electron chi connectivity index (χ1n) is 6.22. The molecule has 0 aliphatic carbocycles. The quantitative estimate of drug-likeness (QED) is 0.871. The van der Waals surface area contributed by atoms with Crippen LogP contribution in [-0.2, 0) is 5.41 Å². The molecule has 0 aliphatic heterocycles. The molecule has 0 fully saturated rings. The average molecular weight is 260 g/mol. The van der Waals surface area contributed by atoms with E-state index in [0.717, 1.165) is 5.82 Å². The van der Waals surface area contributed by atoms with E-state index in [-0.39, 0.29) is 5.41 Å². The largest absolute Gasteiger partial charge is 0.364 e. The van der Waals surface area contributed by atoms with Crippen molar-refractivity contribution >= 4 is 17.2 Å². The summed E-state index contributed by atoms with van der Waals surface area (Å²) < 4.78 is 0. The smallest absolute Gasteiger partial charge is 0.126 e. The number of thiophene rings is 1. The number of hydrogen-bond donors (Lipinski definition) is 1. The summed E-state index contributed by atoms with van der Waals surface area (Å²) in [5.74, 6) is 0.932. The van der Waals surface area contributed by atoms with Crippen molar-refractivity contribution in [3.63, 3.8) is 0 Å². The second kappa shape index (κ2) is 5.11. The standard InChI is InChI=1S/C15H20N2S/c1-11(12-7-8-18-10-12)17-14-6-5-13(9-16-14)15(2,3)4/h5-11H,1-4H3,(H,16,17). The zero-order valence-corrected chi connectivity index (χ0v) is 12.2. The van der Waals surface area contributed by atoms with Crippen molar-refractivity contribution in [2.24, 2.45) is 0 Å². The van der Waals surface area contributed by atoms with E-state index >= 15 is 0 Å². The van der Waals surface area contributed by atoms with Crippen molar-refractivity contribution < 1.29 is 0 Å². The van der Waals surface area contributed by atoms with Crippen molar-refractivity contribution in [1.29, 1.82) is 0 Å².